The van der Waals surface area contributed by atoms with Gasteiger partial charge in [0, 0.05) is 30.1 Å². The minimum absolute atomic E-state index is 0.115. The third kappa shape index (κ3) is 6.00. The molecule has 6 rings (SSSR count). The third-order valence-corrected chi connectivity index (χ3v) is 8.40. The predicted molar refractivity (Wildman–Crippen MR) is 165 cm³/mol. The molecule has 8 nitrogen and oxygen atoms in total. The number of anilines is 1. The highest BCUT2D eigenvalue weighted by atomic mass is 32.2. The average molecular weight is 594 g/mol. The molecule has 3 heterocycles. The van der Waals surface area contributed by atoms with Crippen LogP contribution >= 0.6 is 11.8 Å². The molecule has 0 bridgehead atoms. The molecule has 1 atom stereocenters. The molecule has 0 radical (unpaired) electrons. The van der Waals surface area contributed by atoms with Gasteiger partial charge in [0.1, 0.15) is 23.9 Å². The van der Waals surface area contributed by atoms with E-state index in [1.807, 2.05) is 60.7 Å². The number of thioether (sulfide) groups is 1. The zero-order chi connectivity index (χ0) is 29.8. The summed E-state index contributed by atoms with van der Waals surface area (Å²) < 4.78 is 21.1. The van der Waals surface area contributed by atoms with E-state index < -0.39 is 0 Å². The minimum Gasteiger partial charge on any atom is -0.497 e. The summed E-state index contributed by atoms with van der Waals surface area (Å²) in [6.07, 6.45) is 3.35. The molecule has 43 heavy (non-hydrogen) atoms. The van der Waals surface area contributed by atoms with Gasteiger partial charge in [0.05, 0.1) is 29.5 Å². The van der Waals surface area contributed by atoms with Gasteiger partial charge >= 0.3 is 0 Å². The Balaban J connectivity index is 1.51. The number of pyridine rings is 1. The fourth-order valence-corrected chi connectivity index (χ4v) is 6.23. The van der Waals surface area contributed by atoms with Crippen LogP contribution in [-0.4, -0.2) is 46.0 Å². The molecule has 0 spiro atoms. The number of aromatic nitrogens is 3. The highest BCUT2D eigenvalue weighted by molar-refractivity contribution is 8.00. The second-order valence-electron chi connectivity index (χ2n) is 9.92. The van der Waals surface area contributed by atoms with E-state index in [4.69, 9.17) is 9.84 Å². The number of nitrogens with zero attached hydrogens (tertiary/aromatic N) is 4. The number of carbonyl (C=O) groups excluding carboxylic acids is 2. The lowest BCUT2D eigenvalue weighted by Crippen LogP contribution is -2.42. The maximum Gasteiger partial charge on any atom is 0.240 e. The predicted octanol–water partition coefficient (Wildman–Crippen LogP) is 5.57. The Morgan fingerprint density at radius 2 is 1.79 bits per heavy atom. The van der Waals surface area contributed by atoms with Gasteiger partial charge in [0.15, 0.2) is 0 Å². The van der Waals surface area contributed by atoms with Crippen LogP contribution in [0.5, 0.6) is 5.75 Å². The van der Waals surface area contributed by atoms with Gasteiger partial charge in [-0.15, -0.1) is 11.8 Å². The largest absolute Gasteiger partial charge is 0.497 e. The number of fused-ring (bicyclic) bond motifs is 1. The van der Waals surface area contributed by atoms with E-state index in [0.717, 1.165) is 22.3 Å². The van der Waals surface area contributed by atoms with Gasteiger partial charge in [-0.25, -0.2) is 9.07 Å². The number of hydrogen-bond donors (Lipinski definition) is 1. The molecular formula is C33H28FN5O3S. The maximum absolute atomic E-state index is 14.0. The summed E-state index contributed by atoms with van der Waals surface area (Å²) in [5.41, 5.74) is 4.66. The van der Waals surface area contributed by atoms with Crippen molar-refractivity contribution in [2.24, 2.45) is 0 Å². The lowest BCUT2D eigenvalue weighted by atomic mass is 9.99. The smallest absolute Gasteiger partial charge is 0.240 e. The Labute approximate surface area is 252 Å². The van der Waals surface area contributed by atoms with Crippen molar-refractivity contribution in [3.63, 3.8) is 0 Å². The van der Waals surface area contributed by atoms with Crippen LogP contribution < -0.4 is 15.0 Å². The van der Waals surface area contributed by atoms with Crippen LogP contribution in [0.1, 0.15) is 21.9 Å². The third-order valence-electron chi connectivity index (χ3n) is 7.14. The van der Waals surface area contributed by atoms with Gasteiger partial charge in [-0.3, -0.25) is 19.5 Å². The van der Waals surface area contributed by atoms with E-state index in [0.29, 0.717) is 22.9 Å². The SMILES string of the molecule is COc1ccc(-n2nc(-c3ccccc3)c3c2N(CC(=O)NCc2cccnc2)C(=O)CS[C@H]3c2ccc(F)cc2)cc1. The van der Waals surface area contributed by atoms with Crippen LogP contribution in [0.3, 0.4) is 0 Å². The Kier molecular flexibility index (Phi) is 8.19. The first-order valence-corrected chi connectivity index (χ1v) is 14.7. The lowest BCUT2D eigenvalue weighted by molar-refractivity contribution is -0.123. The van der Waals surface area contributed by atoms with Crippen molar-refractivity contribution < 1.29 is 18.7 Å². The molecule has 0 saturated heterocycles. The molecule has 216 valence electrons. The van der Waals surface area contributed by atoms with E-state index in [9.17, 15) is 14.0 Å². The Morgan fingerprint density at radius 1 is 1.02 bits per heavy atom. The molecule has 0 unspecified atom stereocenters. The highest BCUT2D eigenvalue weighted by Crippen LogP contribution is 2.48. The zero-order valence-electron chi connectivity index (χ0n) is 23.3. The molecule has 0 fully saturated rings. The summed E-state index contributed by atoms with van der Waals surface area (Å²) in [7, 11) is 1.59. The normalized spacial score (nSPS) is 14.6. The summed E-state index contributed by atoms with van der Waals surface area (Å²) in [6.45, 7) is 0.0698. The van der Waals surface area contributed by atoms with Crippen molar-refractivity contribution in [2.45, 2.75) is 11.8 Å². The molecule has 1 aliphatic rings. The number of benzene rings is 3. The second-order valence-corrected chi connectivity index (χ2v) is 11.0. The van der Waals surface area contributed by atoms with Crippen LogP contribution in [0.2, 0.25) is 0 Å². The standard InChI is InChI=1S/C33H28FN5O3S/c1-42-27-15-13-26(14-16-27)39-33-30(31(37-39)23-7-3-2-4-8-23)32(24-9-11-25(34)12-10-24)43-21-29(41)38(33)20-28(40)36-19-22-6-5-17-35-18-22/h2-18,32H,19-21H2,1H3,(H,36,40)/t32-/m0/s1. The minimum atomic E-state index is -0.356. The van der Waals surface area contributed by atoms with Crippen molar-refractivity contribution in [2.75, 3.05) is 24.3 Å². The van der Waals surface area contributed by atoms with Crippen LogP contribution in [0.4, 0.5) is 10.2 Å². The summed E-state index contributed by atoms with van der Waals surface area (Å²) in [4.78, 5) is 32.8. The van der Waals surface area contributed by atoms with Crippen LogP contribution in [0, 0.1) is 5.82 Å². The Bertz CT molecular complexity index is 1730. The monoisotopic (exact) mass is 593 g/mol. The Morgan fingerprint density at radius 3 is 2.49 bits per heavy atom. The van der Waals surface area contributed by atoms with Crippen LogP contribution in [0.25, 0.3) is 16.9 Å². The number of methoxy groups -OCH3 is 1. The van der Waals surface area contributed by atoms with Crippen molar-refractivity contribution in [3.05, 3.63) is 126 Å². The molecule has 0 saturated carbocycles. The summed E-state index contributed by atoms with van der Waals surface area (Å²) in [5.74, 6) is 0.378. The van der Waals surface area contributed by atoms with Crippen molar-refractivity contribution in [1.82, 2.24) is 20.1 Å². The number of nitrogens with one attached hydrogen (secondary N) is 1. The molecule has 1 aliphatic heterocycles. The highest BCUT2D eigenvalue weighted by Gasteiger charge is 2.37. The number of rotatable bonds is 8. The van der Waals surface area contributed by atoms with Crippen molar-refractivity contribution >= 4 is 29.4 Å². The molecular weight excluding hydrogens is 565 g/mol. The summed E-state index contributed by atoms with van der Waals surface area (Å²) in [5, 5.41) is 7.62. The zero-order valence-corrected chi connectivity index (χ0v) is 24.1. The molecule has 2 aromatic heterocycles. The van der Waals surface area contributed by atoms with Gasteiger partial charge in [0.25, 0.3) is 0 Å². The first kappa shape index (κ1) is 28.2. The molecule has 3 aromatic carbocycles. The van der Waals surface area contributed by atoms with Crippen LogP contribution in [-0.2, 0) is 16.1 Å². The van der Waals surface area contributed by atoms with E-state index in [-0.39, 0.29) is 41.7 Å². The number of carbonyl (C=O) groups is 2. The van der Waals surface area contributed by atoms with Gasteiger partial charge in [-0.05, 0) is 53.6 Å². The molecule has 0 aliphatic carbocycles. The van der Waals surface area contributed by atoms with Gasteiger partial charge in [-0.1, -0.05) is 48.5 Å². The van der Waals surface area contributed by atoms with E-state index in [1.165, 1.54) is 28.8 Å². The molecule has 10 heteroatoms. The first-order chi connectivity index (χ1) is 21.0. The number of halogens is 1. The van der Waals surface area contributed by atoms with Gasteiger partial charge in [0.2, 0.25) is 11.8 Å². The topological polar surface area (TPSA) is 89.3 Å². The second kappa shape index (κ2) is 12.5. The average Bonchev–Trinajstić information content (AvgIpc) is 3.38. The number of ether oxygens (including phenoxy) is 1. The van der Waals surface area contributed by atoms with Gasteiger partial charge in [-0.2, -0.15) is 5.10 Å². The summed E-state index contributed by atoms with van der Waals surface area (Å²) in [6, 6.07) is 27.1. The van der Waals surface area contributed by atoms with Gasteiger partial charge < -0.3 is 10.1 Å². The number of amides is 2. The molecule has 2 amide bonds. The van der Waals surface area contributed by atoms with Crippen LogP contribution in [0.15, 0.2) is 103 Å². The summed E-state index contributed by atoms with van der Waals surface area (Å²) >= 11 is 1.43. The van der Waals surface area contributed by atoms with Crippen molar-refractivity contribution in [1.29, 1.82) is 0 Å². The van der Waals surface area contributed by atoms with E-state index in [2.05, 4.69) is 10.3 Å². The first-order valence-electron chi connectivity index (χ1n) is 13.7. The maximum atomic E-state index is 14.0. The fourth-order valence-electron chi connectivity index (χ4n) is 5.04. The van der Waals surface area contributed by atoms with Crippen molar-refractivity contribution in [3.8, 4) is 22.7 Å². The van der Waals surface area contributed by atoms with E-state index in [1.54, 1.807) is 42.4 Å². The Hall–Kier alpha value is -4.96. The number of hydrogen-bond acceptors (Lipinski definition) is 6. The van der Waals surface area contributed by atoms with E-state index >= 15 is 0 Å². The quantitative estimate of drug-likeness (QED) is 0.253. The molecule has 1 N–H and O–H groups in total. The lowest BCUT2D eigenvalue weighted by Gasteiger charge is -2.23. The fraction of sp³-hybridized carbons (Fsp3) is 0.152. The molecule has 5 aromatic rings.